The Balaban J connectivity index is 2.25. The fourth-order valence-corrected chi connectivity index (χ4v) is 3.00. The first-order chi connectivity index (χ1) is 9.51. The molecule has 0 aliphatic rings. The lowest BCUT2D eigenvalue weighted by molar-refractivity contribution is 0.174. The van der Waals surface area contributed by atoms with Gasteiger partial charge in [-0.2, -0.15) is 0 Å². The zero-order valence-corrected chi connectivity index (χ0v) is 12.8. The first kappa shape index (κ1) is 15.0. The highest BCUT2D eigenvalue weighted by Gasteiger charge is 2.22. The fourth-order valence-electron chi connectivity index (χ4n) is 2.01. The van der Waals surface area contributed by atoms with Gasteiger partial charge in [-0.3, -0.25) is 0 Å². The monoisotopic (exact) mass is 293 g/mol. The van der Waals surface area contributed by atoms with E-state index in [1.807, 2.05) is 6.92 Å². The Labute approximate surface area is 123 Å². The zero-order valence-electron chi connectivity index (χ0n) is 12.0. The number of ether oxygens (including phenoxy) is 1. The molecular weight excluding hydrogens is 273 g/mol. The number of hydrogen-bond acceptors (Lipinski definition) is 3. The van der Waals surface area contributed by atoms with E-state index >= 15 is 0 Å². The van der Waals surface area contributed by atoms with Crippen molar-refractivity contribution in [1.29, 1.82) is 0 Å². The third-order valence-electron chi connectivity index (χ3n) is 3.29. The van der Waals surface area contributed by atoms with E-state index in [0.717, 1.165) is 11.3 Å². The highest BCUT2D eigenvalue weighted by atomic mass is 32.1. The van der Waals surface area contributed by atoms with Crippen LogP contribution in [0.15, 0.2) is 30.3 Å². The number of benzene rings is 1. The number of aryl methyl sites for hydroxylation is 2. The van der Waals surface area contributed by atoms with E-state index in [1.54, 1.807) is 30.4 Å². The van der Waals surface area contributed by atoms with Crippen molar-refractivity contribution in [1.82, 2.24) is 0 Å². The lowest BCUT2D eigenvalue weighted by Crippen LogP contribution is -2.30. The summed E-state index contributed by atoms with van der Waals surface area (Å²) in [7, 11) is 0. The van der Waals surface area contributed by atoms with Crippen LogP contribution >= 0.6 is 11.3 Å². The summed E-state index contributed by atoms with van der Waals surface area (Å²) in [6.07, 6.45) is 0.630. The summed E-state index contributed by atoms with van der Waals surface area (Å²) in [5, 5.41) is 0. The summed E-state index contributed by atoms with van der Waals surface area (Å²) >= 11 is 1.69. The molecule has 0 aliphatic carbocycles. The maximum atomic E-state index is 13.3. The van der Waals surface area contributed by atoms with Crippen LogP contribution in [-0.2, 0) is 0 Å². The Morgan fingerprint density at radius 3 is 2.55 bits per heavy atom. The summed E-state index contributed by atoms with van der Waals surface area (Å²) in [5.74, 6) is 0.435. The van der Waals surface area contributed by atoms with Gasteiger partial charge in [0.15, 0.2) is 0 Å². The third kappa shape index (κ3) is 3.38. The van der Waals surface area contributed by atoms with Crippen LogP contribution in [0.5, 0.6) is 5.75 Å². The number of halogens is 1. The molecule has 2 nitrogen and oxygen atoms in total. The summed E-state index contributed by atoms with van der Waals surface area (Å²) < 4.78 is 19.3. The van der Waals surface area contributed by atoms with Gasteiger partial charge in [0.2, 0.25) is 0 Å². The molecule has 2 rings (SSSR count). The van der Waals surface area contributed by atoms with Crippen LogP contribution in [0.4, 0.5) is 4.39 Å². The molecule has 0 saturated heterocycles. The molecule has 2 unspecified atom stereocenters. The van der Waals surface area contributed by atoms with Crippen molar-refractivity contribution in [3.05, 3.63) is 51.5 Å². The van der Waals surface area contributed by atoms with Gasteiger partial charge in [0.25, 0.3) is 0 Å². The number of thiophene rings is 1. The molecule has 2 aromatic rings. The van der Waals surface area contributed by atoms with E-state index in [9.17, 15) is 4.39 Å². The molecule has 0 amide bonds. The van der Waals surface area contributed by atoms with E-state index in [2.05, 4.69) is 19.1 Å². The molecule has 108 valence electrons. The Kier molecular flexibility index (Phi) is 4.78. The van der Waals surface area contributed by atoms with E-state index < -0.39 is 0 Å². The van der Waals surface area contributed by atoms with Gasteiger partial charge in [-0.15, -0.1) is 11.3 Å². The zero-order chi connectivity index (χ0) is 14.7. The molecule has 0 radical (unpaired) electrons. The van der Waals surface area contributed by atoms with E-state index in [0.29, 0.717) is 11.3 Å². The van der Waals surface area contributed by atoms with Crippen molar-refractivity contribution < 1.29 is 9.13 Å². The molecule has 2 atom stereocenters. The number of hydrogen-bond donors (Lipinski definition) is 1. The predicted molar refractivity (Wildman–Crippen MR) is 81.8 cm³/mol. The Morgan fingerprint density at radius 2 is 2.00 bits per heavy atom. The van der Waals surface area contributed by atoms with E-state index in [-0.39, 0.29) is 18.0 Å². The van der Waals surface area contributed by atoms with Crippen LogP contribution in [-0.4, -0.2) is 6.04 Å². The Morgan fingerprint density at radius 1 is 1.25 bits per heavy atom. The van der Waals surface area contributed by atoms with Crippen molar-refractivity contribution in [2.75, 3.05) is 0 Å². The molecule has 2 N–H and O–H groups in total. The quantitative estimate of drug-likeness (QED) is 0.889. The predicted octanol–water partition coefficient (Wildman–Crippen LogP) is 4.36. The Hall–Kier alpha value is -1.39. The third-order valence-corrected chi connectivity index (χ3v) is 4.36. The summed E-state index contributed by atoms with van der Waals surface area (Å²) in [4.78, 5) is 2.34. The first-order valence-corrected chi connectivity index (χ1v) is 7.57. The van der Waals surface area contributed by atoms with Crippen molar-refractivity contribution in [3.63, 3.8) is 0 Å². The second kappa shape index (κ2) is 6.37. The minimum atomic E-state index is -0.222. The molecule has 0 bridgehead atoms. The molecule has 4 heteroatoms. The topological polar surface area (TPSA) is 35.2 Å². The van der Waals surface area contributed by atoms with Crippen LogP contribution < -0.4 is 10.5 Å². The van der Waals surface area contributed by atoms with Crippen molar-refractivity contribution in [2.45, 2.75) is 39.3 Å². The fraction of sp³-hybridized carbons (Fsp3) is 0.375. The largest absolute Gasteiger partial charge is 0.483 e. The standard InChI is InChI=1S/C16H20FNOS/c1-4-14(18)16(15-8-5-11(3)20-15)19-12-6-7-13(17)10(2)9-12/h5-9,14,16H,4,18H2,1-3H3. The maximum Gasteiger partial charge on any atom is 0.148 e. The highest BCUT2D eigenvalue weighted by molar-refractivity contribution is 7.12. The smallest absolute Gasteiger partial charge is 0.148 e. The number of rotatable bonds is 5. The minimum absolute atomic E-state index is 0.0848. The molecule has 1 aromatic heterocycles. The van der Waals surface area contributed by atoms with Gasteiger partial charge in [-0.25, -0.2) is 4.39 Å². The molecule has 0 aliphatic heterocycles. The minimum Gasteiger partial charge on any atom is -0.483 e. The molecular formula is C16H20FNOS. The second-order valence-electron chi connectivity index (χ2n) is 4.97. The summed E-state index contributed by atoms with van der Waals surface area (Å²) in [5.41, 5.74) is 6.76. The van der Waals surface area contributed by atoms with Gasteiger partial charge in [-0.1, -0.05) is 6.92 Å². The van der Waals surface area contributed by atoms with Crippen LogP contribution in [0.3, 0.4) is 0 Å². The van der Waals surface area contributed by atoms with E-state index in [1.165, 1.54) is 10.9 Å². The van der Waals surface area contributed by atoms with Crippen LogP contribution in [0.1, 0.15) is 34.8 Å². The van der Waals surface area contributed by atoms with Crippen molar-refractivity contribution >= 4 is 11.3 Å². The van der Waals surface area contributed by atoms with Gasteiger partial charge >= 0.3 is 0 Å². The van der Waals surface area contributed by atoms with Gasteiger partial charge < -0.3 is 10.5 Å². The van der Waals surface area contributed by atoms with E-state index in [4.69, 9.17) is 10.5 Å². The number of nitrogens with two attached hydrogens (primary N) is 1. The molecule has 0 spiro atoms. The van der Waals surface area contributed by atoms with Crippen LogP contribution in [0.2, 0.25) is 0 Å². The average Bonchev–Trinajstić information content (AvgIpc) is 2.85. The first-order valence-electron chi connectivity index (χ1n) is 6.76. The van der Waals surface area contributed by atoms with Gasteiger partial charge in [0.1, 0.15) is 17.7 Å². The van der Waals surface area contributed by atoms with Crippen LogP contribution in [0.25, 0.3) is 0 Å². The molecule has 1 heterocycles. The molecule has 0 fully saturated rings. The van der Waals surface area contributed by atoms with Crippen molar-refractivity contribution in [3.8, 4) is 5.75 Å². The van der Waals surface area contributed by atoms with Crippen LogP contribution in [0, 0.1) is 19.7 Å². The summed E-state index contributed by atoms with van der Waals surface area (Å²) in [6.45, 7) is 5.83. The highest BCUT2D eigenvalue weighted by Crippen LogP contribution is 2.31. The SMILES string of the molecule is CCC(N)C(Oc1ccc(F)c(C)c1)c1ccc(C)s1. The van der Waals surface area contributed by atoms with Gasteiger partial charge in [-0.05, 0) is 56.2 Å². The maximum absolute atomic E-state index is 13.3. The lowest BCUT2D eigenvalue weighted by Gasteiger charge is -2.23. The normalized spacial score (nSPS) is 14.1. The van der Waals surface area contributed by atoms with Crippen molar-refractivity contribution in [2.24, 2.45) is 5.73 Å². The molecule has 20 heavy (non-hydrogen) atoms. The second-order valence-corrected chi connectivity index (χ2v) is 6.29. The molecule has 1 aromatic carbocycles. The summed E-state index contributed by atoms with van der Waals surface area (Å²) in [6, 6.07) is 8.83. The van der Waals surface area contributed by atoms with Gasteiger partial charge in [0, 0.05) is 15.8 Å². The average molecular weight is 293 g/mol. The lowest BCUT2D eigenvalue weighted by atomic mass is 10.1. The van der Waals surface area contributed by atoms with Gasteiger partial charge in [0.05, 0.1) is 0 Å². The Bertz CT molecular complexity index is 582. The molecule has 0 saturated carbocycles.